The Morgan fingerprint density at radius 1 is 1.00 bits per heavy atom. The highest BCUT2D eigenvalue weighted by Gasteiger charge is 2.19. The molecule has 0 saturated heterocycles. The first-order valence-electron chi connectivity index (χ1n) is 10.5. The van der Waals surface area contributed by atoms with Crippen LogP contribution in [-0.4, -0.2) is 4.98 Å². The third kappa shape index (κ3) is 2.67. The second-order valence-corrected chi connectivity index (χ2v) is 6.68. The van der Waals surface area contributed by atoms with Crippen molar-refractivity contribution in [2.24, 2.45) is 0 Å². The molecule has 0 unspecified atom stereocenters. The van der Waals surface area contributed by atoms with Gasteiger partial charge in [-0.3, -0.25) is 4.98 Å². The number of benzene rings is 3. The van der Waals surface area contributed by atoms with Gasteiger partial charge in [0.05, 0.1) is 17.3 Å². The minimum atomic E-state index is -2.58. The first kappa shape index (κ1) is 14.1. The zero-order valence-corrected chi connectivity index (χ0v) is 15.1. The Balaban J connectivity index is 1.79. The topological polar surface area (TPSA) is 49.8 Å². The van der Waals surface area contributed by atoms with Gasteiger partial charge >= 0.3 is 0 Å². The molecular weight excluding hydrogens is 363 g/mol. The molecule has 5 rings (SSSR count). The number of furan rings is 1. The monoisotopic (exact) mass is 381 g/mol. The van der Waals surface area contributed by atoms with Crippen LogP contribution >= 0.6 is 0 Å². The number of aromatic nitrogens is 1. The van der Waals surface area contributed by atoms with Crippen LogP contribution in [0.15, 0.2) is 77.3 Å². The number of pyridine rings is 1. The number of hydrogen-bond donors (Lipinski definition) is 0. The average molecular weight is 381 g/mol. The van der Waals surface area contributed by atoms with Gasteiger partial charge < -0.3 is 4.42 Å². The van der Waals surface area contributed by atoms with Crippen LogP contribution in [0.4, 0.5) is 4.39 Å². The average Bonchev–Trinajstić information content (AvgIpc) is 3.16. The molecule has 0 N–H and O–H groups in total. The molecule has 0 spiro atoms. The van der Waals surface area contributed by atoms with Gasteiger partial charge in [-0.2, -0.15) is 5.26 Å². The predicted octanol–water partition coefficient (Wildman–Crippen LogP) is 6.63. The van der Waals surface area contributed by atoms with Crippen molar-refractivity contribution in [1.82, 2.24) is 4.98 Å². The van der Waals surface area contributed by atoms with E-state index in [4.69, 9.17) is 8.53 Å². The van der Waals surface area contributed by atoms with Crippen LogP contribution in [0.3, 0.4) is 0 Å². The van der Waals surface area contributed by atoms with Gasteiger partial charge in [-0.1, -0.05) is 42.5 Å². The Morgan fingerprint density at radius 3 is 2.59 bits per heavy atom. The van der Waals surface area contributed by atoms with Crippen molar-refractivity contribution in [3.8, 4) is 28.5 Å². The van der Waals surface area contributed by atoms with E-state index in [9.17, 15) is 9.65 Å². The summed E-state index contributed by atoms with van der Waals surface area (Å²) in [5, 5.41) is 11.3. The van der Waals surface area contributed by atoms with Gasteiger partial charge in [-0.15, -0.1) is 0 Å². The molecule has 2 aromatic heterocycles. The van der Waals surface area contributed by atoms with Gasteiger partial charge in [0.15, 0.2) is 0 Å². The first-order chi connectivity index (χ1) is 15.4. The second-order valence-electron chi connectivity index (χ2n) is 6.68. The Kier molecular flexibility index (Phi) is 3.19. The molecule has 5 aromatic rings. The van der Waals surface area contributed by atoms with E-state index in [1.807, 2.05) is 48.5 Å². The van der Waals surface area contributed by atoms with Crippen LogP contribution in [0.1, 0.15) is 15.2 Å². The second kappa shape index (κ2) is 6.57. The van der Waals surface area contributed by atoms with E-state index in [0.29, 0.717) is 27.9 Å². The molecular formula is C25H15FN2O. The van der Waals surface area contributed by atoms with Crippen LogP contribution in [0.2, 0.25) is 0 Å². The lowest BCUT2D eigenvalue weighted by molar-refractivity contribution is 0.616. The van der Waals surface area contributed by atoms with Crippen molar-refractivity contribution in [2.45, 2.75) is 6.85 Å². The van der Waals surface area contributed by atoms with Gasteiger partial charge in [0, 0.05) is 43.8 Å². The lowest BCUT2D eigenvalue weighted by Crippen LogP contribution is -1.89. The molecule has 0 fully saturated rings. The molecule has 3 nitrogen and oxygen atoms in total. The van der Waals surface area contributed by atoms with E-state index in [1.54, 1.807) is 12.1 Å². The molecule has 0 amide bonds. The quantitative estimate of drug-likeness (QED) is 0.345. The van der Waals surface area contributed by atoms with Crippen LogP contribution in [0.25, 0.3) is 44.3 Å². The van der Waals surface area contributed by atoms with Gasteiger partial charge in [-0.25, -0.2) is 4.39 Å². The van der Waals surface area contributed by atoms with E-state index in [2.05, 4.69) is 11.1 Å². The minimum Gasteiger partial charge on any atom is -0.455 e. The zero-order chi connectivity index (χ0) is 22.5. The maximum absolute atomic E-state index is 14.6. The van der Waals surface area contributed by atoms with E-state index >= 15 is 0 Å². The Hall–Kier alpha value is -3.97. The molecule has 3 aromatic carbocycles. The highest BCUT2D eigenvalue weighted by Crippen LogP contribution is 2.40. The van der Waals surface area contributed by atoms with Crippen molar-refractivity contribution in [1.29, 1.82) is 5.26 Å². The molecule has 0 bridgehead atoms. The molecule has 2 heterocycles. The standard InChI is InChI=1S/C25H15FN2O/c1-15-14-28-22(12-21(15)26)20-9-5-8-18-19-11-10-17(13-27)23(25(19)29-24(18)20)16-6-3-2-4-7-16/h2-12,14H,1H3/i1D3. The maximum Gasteiger partial charge on any atom is 0.144 e. The third-order valence-electron chi connectivity index (χ3n) is 4.98. The summed E-state index contributed by atoms with van der Waals surface area (Å²) in [6.45, 7) is -2.58. The van der Waals surface area contributed by atoms with E-state index in [1.165, 1.54) is 0 Å². The fraction of sp³-hybridized carbons (Fsp3) is 0.0400. The lowest BCUT2D eigenvalue weighted by atomic mass is 9.97. The van der Waals surface area contributed by atoms with Gasteiger partial charge in [0.1, 0.15) is 17.0 Å². The highest BCUT2D eigenvalue weighted by atomic mass is 19.1. The Labute approximate surface area is 170 Å². The van der Waals surface area contributed by atoms with E-state index in [0.717, 1.165) is 28.6 Å². The van der Waals surface area contributed by atoms with Crippen molar-refractivity contribution < 1.29 is 12.9 Å². The fourth-order valence-corrected chi connectivity index (χ4v) is 3.63. The molecule has 0 saturated carbocycles. The number of nitrogens with zero attached hydrogens (tertiary/aromatic N) is 2. The summed E-state index contributed by atoms with van der Waals surface area (Å²) in [6.07, 6.45) is 1.04. The largest absolute Gasteiger partial charge is 0.455 e. The predicted molar refractivity (Wildman–Crippen MR) is 112 cm³/mol. The summed E-state index contributed by atoms with van der Waals surface area (Å²) < 4.78 is 43.2. The summed E-state index contributed by atoms with van der Waals surface area (Å²) in [7, 11) is 0. The van der Waals surface area contributed by atoms with Crippen LogP contribution in [0, 0.1) is 24.0 Å². The van der Waals surface area contributed by atoms with Crippen molar-refractivity contribution >= 4 is 21.9 Å². The summed E-state index contributed by atoms with van der Waals surface area (Å²) in [6, 6.07) is 21.9. The van der Waals surface area contributed by atoms with Crippen LogP contribution in [-0.2, 0) is 0 Å². The highest BCUT2D eigenvalue weighted by molar-refractivity contribution is 6.13. The summed E-state index contributed by atoms with van der Waals surface area (Å²) in [5.74, 6) is -0.847. The van der Waals surface area contributed by atoms with Gasteiger partial charge in [0.25, 0.3) is 0 Å². The fourth-order valence-electron chi connectivity index (χ4n) is 3.63. The van der Waals surface area contributed by atoms with Gasteiger partial charge in [0.2, 0.25) is 0 Å². The van der Waals surface area contributed by atoms with Crippen molar-refractivity contribution in [3.05, 3.63) is 89.9 Å². The smallest absolute Gasteiger partial charge is 0.144 e. The normalized spacial score (nSPS) is 13.0. The molecule has 0 atom stereocenters. The van der Waals surface area contributed by atoms with E-state index in [-0.39, 0.29) is 5.69 Å². The lowest BCUT2D eigenvalue weighted by Gasteiger charge is -2.05. The Morgan fingerprint density at radius 2 is 1.83 bits per heavy atom. The summed E-state index contributed by atoms with van der Waals surface area (Å²) in [4.78, 5) is 4.20. The number of halogens is 1. The first-order valence-corrected chi connectivity index (χ1v) is 8.98. The number of nitriles is 1. The van der Waals surface area contributed by atoms with Crippen molar-refractivity contribution in [2.75, 3.05) is 0 Å². The molecule has 0 aliphatic carbocycles. The van der Waals surface area contributed by atoms with E-state index < -0.39 is 18.2 Å². The number of hydrogen-bond acceptors (Lipinski definition) is 3. The Bertz CT molecular complexity index is 1530. The molecule has 138 valence electrons. The SMILES string of the molecule is [2H]C([2H])([2H])c1cnc(-c2cccc3c2oc2c(-c4ccccc4)c(C#N)ccc23)cc1F. The molecule has 0 radical (unpaired) electrons. The van der Waals surface area contributed by atoms with Crippen LogP contribution in [0.5, 0.6) is 0 Å². The molecule has 29 heavy (non-hydrogen) atoms. The zero-order valence-electron chi connectivity index (χ0n) is 18.1. The molecule has 0 aliphatic rings. The maximum atomic E-state index is 14.6. The molecule has 4 heteroatoms. The van der Waals surface area contributed by atoms with Crippen LogP contribution < -0.4 is 0 Å². The number of rotatable bonds is 2. The summed E-state index contributed by atoms with van der Waals surface area (Å²) >= 11 is 0. The third-order valence-corrected chi connectivity index (χ3v) is 4.98. The molecule has 0 aliphatic heterocycles. The number of aryl methyl sites for hydroxylation is 1. The minimum absolute atomic E-state index is 0.266. The summed E-state index contributed by atoms with van der Waals surface area (Å²) in [5.41, 5.74) is 3.43. The van der Waals surface area contributed by atoms with Crippen molar-refractivity contribution in [3.63, 3.8) is 0 Å². The van der Waals surface area contributed by atoms with Gasteiger partial charge in [-0.05, 0) is 30.6 Å². The number of para-hydroxylation sites is 1. The number of fused-ring (bicyclic) bond motifs is 3.